The SMILES string of the molecule is O=C(NCC1(CO)CCCC1)c1cnn2ccc(N3CCCC3c3cc(F)ccc3F)c(F)c12. The molecule has 1 amide bonds. The molecule has 1 saturated heterocycles. The second-order valence-corrected chi connectivity index (χ2v) is 9.43. The molecule has 0 radical (unpaired) electrons. The van der Waals surface area contributed by atoms with Crippen LogP contribution in [0.4, 0.5) is 18.9 Å². The summed E-state index contributed by atoms with van der Waals surface area (Å²) < 4.78 is 45.5. The lowest BCUT2D eigenvalue weighted by atomic mass is 9.87. The van der Waals surface area contributed by atoms with Crippen molar-refractivity contribution in [3.8, 4) is 0 Å². The van der Waals surface area contributed by atoms with E-state index in [0.717, 1.165) is 43.9 Å². The Balaban J connectivity index is 1.46. The molecule has 3 heterocycles. The Morgan fingerprint density at radius 2 is 1.97 bits per heavy atom. The number of amides is 1. The standard InChI is InChI=1S/C25H27F3N4O2/c26-16-5-6-19(27)17(12-16)20-4-3-10-31(20)21-7-11-32-23(22(21)28)18(13-30-32)24(34)29-14-25(15-33)8-1-2-9-25/h5-7,11-13,20,33H,1-4,8-10,14-15H2,(H,29,34). The number of halogens is 3. The van der Waals surface area contributed by atoms with Crippen LogP contribution in [0, 0.1) is 22.9 Å². The Hall–Kier alpha value is -3.07. The lowest BCUT2D eigenvalue weighted by Crippen LogP contribution is -2.38. The summed E-state index contributed by atoms with van der Waals surface area (Å²) >= 11 is 0. The van der Waals surface area contributed by atoms with E-state index in [-0.39, 0.29) is 34.4 Å². The van der Waals surface area contributed by atoms with Crippen molar-refractivity contribution < 1.29 is 23.1 Å². The van der Waals surface area contributed by atoms with Gasteiger partial charge in [0.15, 0.2) is 5.82 Å². The predicted octanol–water partition coefficient (Wildman–Crippen LogP) is 4.38. The van der Waals surface area contributed by atoms with Crippen LogP contribution in [0.2, 0.25) is 0 Å². The van der Waals surface area contributed by atoms with Crippen molar-refractivity contribution in [1.29, 1.82) is 0 Å². The molecule has 2 aliphatic rings. The summed E-state index contributed by atoms with van der Waals surface area (Å²) in [6.07, 6.45) is 7.83. The zero-order chi connectivity index (χ0) is 23.9. The monoisotopic (exact) mass is 472 g/mol. The molecule has 5 rings (SSSR count). The number of fused-ring (bicyclic) bond motifs is 1. The zero-order valence-electron chi connectivity index (χ0n) is 18.7. The summed E-state index contributed by atoms with van der Waals surface area (Å²) in [4.78, 5) is 14.7. The number of rotatable bonds is 6. The van der Waals surface area contributed by atoms with Crippen molar-refractivity contribution >= 4 is 17.1 Å². The maximum Gasteiger partial charge on any atom is 0.255 e. The molecule has 3 aromatic rings. The molecule has 0 bridgehead atoms. The highest BCUT2D eigenvalue weighted by Crippen LogP contribution is 2.40. The van der Waals surface area contributed by atoms with Crippen LogP contribution in [0.25, 0.3) is 5.52 Å². The van der Waals surface area contributed by atoms with E-state index in [0.29, 0.717) is 25.9 Å². The number of carbonyl (C=O) groups excluding carboxylic acids is 1. The van der Waals surface area contributed by atoms with Crippen molar-refractivity contribution in [3.63, 3.8) is 0 Å². The zero-order valence-corrected chi connectivity index (χ0v) is 18.7. The fourth-order valence-corrected chi connectivity index (χ4v) is 5.44. The third kappa shape index (κ3) is 3.91. The molecule has 180 valence electrons. The van der Waals surface area contributed by atoms with Crippen molar-refractivity contribution in [2.24, 2.45) is 5.41 Å². The summed E-state index contributed by atoms with van der Waals surface area (Å²) in [5.74, 6) is -2.17. The number of anilines is 1. The number of aliphatic hydroxyl groups excluding tert-OH is 1. The average molecular weight is 473 g/mol. The third-order valence-corrected chi connectivity index (χ3v) is 7.35. The maximum atomic E-state index is 15.8. The minimum atomic E-state index is -0.633. The van der Waals surface area contributed by atoms with Gasteiger partial charge in [0.05, 0.1) is 30.1 Å². The van der Waals surface area contributed by atoms with Gasteiger partial charge in [-0.3, -0.25) is 4.79 Å². The number of aromatic nitrogens is 2. The number of benzene rings is 1. The molecular weight excluding hydrogens is 445 g/mol. The number of aliphatic hydroxyl groups is 1. The summed E-state index contributed by atoms with van der Waals surface area (Å²) in [5.41, 5.74) is 0.202. The molecule has 1 aliphatic heterocycles. The molecule has 2 N–H and O–H groups in total. The topological polar surface area (TPSA) is 69.9 Å². The molecule has 1 unspecified atom stereocenters. The summed E-state index contributed by atoms with van der Waals surface area (Å²) in [5, 5.41) is 16.8. The predicted molar refractivity (Wildman–Crippen MR) is 121 cm³/mol. The van der Waals surface area contributed by atoms with Crippen molar-refractivity contribution in [2.75, 3.05) is 24.6 Å². The summed E-state index contributed by atoms with van der Waals surface area (Å²) in [6, 6.07) is 4.34. The van der Waals surface area contributed by atoms with E-state index in [1.54, 1.807) is 17.2 Å². The number of nitrogens with zero attached hydrogens (tertiary/aromatic N) is 3. The van der Waals surface area contributed by atoms with Gasteiger partial charge >= 0.3 is 0 Å². The molecule has 1 saturated carbocycles. The second kappa shape index (κ2) is 8.94. The fourth-order valence-electron chi connectivity index (χ4n) is 5.44. The van der Waals surface area contributed by atoms with Gasteiger partial charge < -0.3 is 15.3 Å². The van der Waals surface area contributed by atoms with Crippen LogP contribution in [0.5, 0.6) is 0 Å². The van der Waals surface area contributed by atoms with E-state index in [4.69, 9.17) is 0 Å². The Morgan fingerprint density at radius 1 is 1.18 bits per heavy atom. The molecular formula is C25H27F3N4O2. The Morgan fingerprint density at radius 3 is 2.74 bits per heavy atom. The second-order valence-electron chi connectivity index (χ2n) is 9.43. The molecule has 34 heavy (non-hydrogen) atoms. The molecule has 1 atom stereocenters. The number of carbonyl (C=O) groups is 1. The van der Waals surface area contributed by atoms with E-state index < -0.39 is 29.4 Å². The molecule has 9 heteroatoms. The van der Waals surface area contributed by atoms with Gasteiger partial charge in [0.1, 0.15) is 17.2 Å². The highest BCUT2D eigenvalue weighted by molar-refractivity contribution is 6.01. The van der Waals surface area contributed by atoms with Gasteiger partial charge in [-0.1, -0.05) is 12.8 Å². The first-order valence-electron chi connectivity index (χ1n) is 11.7. The fraction of sp³-hybridized carbons (Fsp3) is 0.440. The van der Waals surface area contributed by atoms with Gasteiger partial charge in [0.25, 0.3) is 5.91 Å². The van der Waals surface area contributed by atoms with Gasteiger partial charge in [-0.05, 0) is 49.9 Å². The molecule has 1 aromatic carbocycles. The van der Waals surface area contributed by atoms with Gasteiger partial charge in [0, 0.05) is 30.3 Å². The van der Waals surface area contributed by atoms with E-state index in [9.17, 15) is 18.7 Å². The average Bonchev–Trinajstić information content (AvgIpc) is 3.59. The van der Waals surface area contributed by atoms with Crippen molar-refractivity contribution in [2.45, 2.75) is 44.6 Å². The Kier molecular flexibility index (Phi) is 5.97. The quantitative estimate of drug-likeness (QED) is 0.559. The largest absolute Gasteiger partial charge is 0.396 e. The van der Waals surface area contributed by atoms with Crippen LogP contribution in [0.1, 0.15) is 60.5 Å². The van der Waals surface area contributed by atoms with Crippen LogP contribution < -0.4 is 10.2 Å². The maximum absolute atomic E-state index is 15.8. The lowest BCUT2D eigenvalue weighted by Gasteiger charge is -2.28. The number of nitrogens with one attached hydrogen (secondary N) is 1. The molecule has 6 nitrogen and oxygen atoms in total. The van der Waals surface area contributed by atoms with Crippen LogP contribution in [-0.4, -0.2) is 40.3 Å². The Labute approximate surface area is 195 Å². The van der Waals surface area contributed by atoms with E-state index >= 15 is 4.39 Å². The van der Waals surface area contributed by atoms with Gasteiger partial charge in [-0.2, -0.15) is 5.10 Å². The first-order valence-corrected chi connectivity index (χ1v) is 11.7. The van der Waals surface area contributed by atoms with Crippen LogP contribution in [0.15, 0.2) is 36.7 Å². The minimum Gasteiger partial charge on any atom is -0.396 e. The van der Waals surface area contributed by atoms with E-state index in [1.165, 1.54) is 10.7 Å². The molecule has 2 aromatic heterocycles. The van der Waals surface area contributed by atoms with Crippen molar-refractivity contribution in [1.82, 2.24) is 14.9 Å². The van der Waals surface area contributed by atoms with E-state index in [1.807, 2.05) is 0 Å². The highest BCUT2D eigenvalue weighted by Gasteiger charge is 2.35. The molecule has 1 aliphatic carbocycles. The third-order valence-electron chi connectivity index (χ3n) is 7.35. The van der Waals surface area contributed by atoms with Gasteiger partial charge in [-0.15, -0.1) is 0 Å². The number of hydrogen-bond donors (Lipinski definition) is 2. The lowest BCUT2D eigenvalue weighted by molar-refractivity contribution is 0.0882. The number of pyridine rings is 1. The normalized spacial score (nSPS) is 19.8. The first-order chi connectivity index (χ1) is 16.4. The van der Waals surface area contributed by atoms with E-state index in [2.05, 4.69) is 10.4 Å². The smallest absolute Gasteiger partial charge is 0.255 e. The van der Waals surface area contributed by atoms with Gasteiger partial charge in [0.2, 0.25) is 0 Å². The minimum absolute atomic E-state index is 0.00641. The first kappa shape index (κ1) is 22.7. The van der Waals surface area contributed by atoms with Crippen molar-refractivity contribution in [3.05, 3.63) is 65.2 Å². The molecule has 2 fully saturated rings. The summed E-state index contributed by atoms with van der Waals surface area (Å²) in [6.45, 7) is 0.782. The van der Waals surface area contributed by atoms with Gasteiger partial charge in [-0.25, -0.2) is 17.7 Å². The highest BCUT2D eigenvalue weighted by atomic mass is 19.1. The van der Waals surface area contributed by atoms with Crippen LogP contribution in [-0.2, 0) is 0 Å². The summed E-state index contributed by atoms with van der Waals surface area (Å²) in [7, 11) is 0. The Bertz CT molecular complexity index is 1220. The number of hydrogen-bond acceptors (Lipinski definition) is 4. The van der Waals surface area contributed by atoms with Crippen LogP contribution >= 0.6 is 0 Å². The molecule has 0 spiro atoms. The van der Waals surface area contributed by atoms with Crippen LogP contribution in [0.3, 0.4) is 0 Å².